The van der Waals surface area contributed by atoms with Gasteiger partial charge in [-0.2, -0.15) is 0 Å². The van der Waals surface area contributed by atoms with Crippen LogP contribution >= 0.6 is 0 Å². The maximum atomic E-state index is 12.3. The summed E-state index contributed by atoms with van der Waals surface area (Å²) < 4.78 is 0. The molecule has 1 fully saturated rings. The van der Waals surface area contributed by atoms with E-state index < -0.39 is 0 Å². The van der Waals surface area contributed by atoms with Gasteiger partial charge in [0.2, 0.25) is 0 Å². The van der Waals surface area contributed by atoms with Gasteiger partial charge in [-0.05, 0) is 49.9 Å². The molecule has 4 heteroatoms. The third-order valence-corrected chi connectivity index (χ3v) is 3.68. The summed E-state index contributed by atoms with van der Waals surface area (Å²) in [5, 5.41) is 0. The van der Waals surface area contributed by atoms with Gasteiger partial charge in [-0.15, -0.1) is 0 Å². The van der Waals surface area contributed by atoms with Crippen molar-refractivity contribution in [2.75, 3.05) is 13.1 Å². The molecule has 2 rings (SSSR count). The summed E-state index contributed by atoms with van der Waals surface area (Å²) in [5.41, 5.74) is 3.13. The largest absolute Gasteiger partial charge is 0.338 e. The van der Waals surface area contributed by atoms with E-state index in [0.29, 0.717) is 13.1 Å². The zero-order valence-corrected chi connectivity index (χ0v) is 11.0. The molecule has 0 saturated carbocycles. The molecule has 4 nitrogen and oxygen atoms in total. The molecule has 0 radical (unpaired) electrons. The van der Waals surface area contributed by atoms with Crippen LogP contribution in [0.1, 0.15) is 34.3 Å². The molecular weight excluding hydrogens is 228 g/mol. The SMILES string of the molecule is Cc1ccc(C(=O)N2CCC(ON)CC2)cc1C. The van der Waals surface area contributed by atoms with Crippen LogP contribution in [-0.4, -0.2) is 30.0 Å². The lowest BCUT2D eigenvalue weighted by Crippen LogP contribution is -2.41. The van der Waals surface area contributed by atoms with E-state index in [4.69, 9.17) is 10.7 Å². The number of nitrogens with zero attached hydrogens (tertiary/aromatic N) is 1. The predicted octanol–water partition coefficient (Wildman–Crippen LogP) is 1.80. The Balaban J connectivity index is 2.05. The first kappa shape index (κ1) is 13.1. The Bertz CT molecular complexity index is 437. The topological polar surface area (TPSA) is 55.6 Å². The van der Waals surface area contributed by atoms with Gasteiger partial charge in [-0.25, -0.2) is 5.90 Å². The molecule has 0 aliphatic carbocycles. The molecule has 18 heavy (non-hydrogen) atoms. The minimum atomic E-state index is 0.0915. The molecule has 98 valence electrons. The van der Waals surface area contributed by atoms with E-state index in [9.17, 15) is 4.79 Å². The van der Waals surface area contributed by atoms with Crippen molar-refractivity contribution in [1.29, 1.82) is 0 Å². The van der Waals surface area contributed by atoms with Gasteiger partial charge in [-0.1, -0.05) is 6.07 Å². The second-order valence-corrected chi connectivity index (χ2v) is 4.93. The highest BCUT2D eigenvalue weighted by molar-refractivity contribution is 5.94. The van der Waals surface area contributed by atoms with E-state index in [2.05, 4.69) is 0 Å². The number of nitrogens with two attached hydrogens (primary N) is 1. The summed E-state index contributed by atoms with van der Waals surface area (Å²) in [6.45, 7) is 5.51. The second kappa shape index (κ2) is 5.50. The molecule has 2 N–H and O–H groups in total. The number of aryl methyl sites for hydroxylation is 2. The number of amides is 1. The smallest absolute Gasteiger partial charge is 0.253 e. The van der Waals surface area contributed by atoms with Crippen molar-refractivity contribution in [3.05, 3.63) is 34.9 Å². The average Bonchev–Trinajstić information content (AvgIpc) is 2.41. The molecule has 1 aromatic carbocycles. The molecular formula is C14H20N2O2. The molecule has 1 heterocycles. The minimum Gasteiger partial charge on any atom is -0.338 e. The fraction of sp³-hybridized carbons (Fsp3) is 0.500. The predicted molar refractivity (Wildman–Crippen MR) is 70.1 cm³/mol. The van der Waals surface area contributed by atoms with Gasteiger partial charge in [0, 0.05) is 18.7 Å². The van der Waals surface area contributed by atoms with Crippen molar-refractivity contribution in [3.8, 4) is 0 Å². The van der Waals surface area contributed by atoms with E-state index in [-0.39, 0.29) is 12.0 Å². The first-order valence-corrected chi connectivity index (χ1v) is 6.34. The van der Waals surface area contributed by atoms with Crippen LogP contribution in [0, 0.1) is 13.8 Å². The van der Waals surface area contributed by atoms with E-state index in [1.165, 1.54) is 5.56 Å². The van der Waals surface area contributed by atoms with Crippen LogP contribution < -0.4 is 5.90 Å². The highest BCUT2D eigenvalue weighted by Crippen LogP contribution is 2.17. The molecule has 0 bridgehead atoms. The van der Waals surface area contributed by atoms with Crippen molar-refractivity contribution < 1.29 is 9.63 Å². The Morgan fingerprint density at radius 1 is 1.28 bits per heavy atom. The van der Waals surface area contributed by atoms with E-state index in [1.54, 1.807) is 0 Å². The number of carbonyl (C=O) groups is 1. The van der Waals surface area contributed by atoms with Gasteiger partial charge >= 0.3 is 0 Å². The fourth-order valence-corrected chi connectivity index (χ4v) is 2.25. The first-order chi connectivity index (χ1) is 8.61. The minimum absolute atomic E-state index is 0.0915. The summed E-state index contributed by atoms with van der Waals surface area (Å²) in [4.78, 5) is 19.0. The van der Waals surface area contributed by atoms with Crippen LogP contribution in [0.25, 0.3) is 0 Å². The zero-order chi connectivity index (χ0) is 13.1. The highest BCUT2D eigenvalue weighted by atomic mass is 16.6. The molecule has 1 aromatic rings. The Morgan fingerprint density at radius 3 is 2.50 bits per heavy atom. The summed E-state index contributed by atoms with van der Waals surface area (Å²) in [5.74, 6) is 5.27. The van der Waals surface area contributed by atoms with Crippen LogP contribution in [0.3, 0.4) is 0 Å². The molecule has 1 saturated heterocycles. The van der Waals surface area contributed by atoms with Crippen molar-refractivity contribution in [3.63, 3.8) is 0 Å². The second-order valence-electron chi connectivity index (χ2n) is 4.93. The molecule has 0 spiro atoms. The van der Waals surface area contributed by atoms with Crippen molar-refractivity contribution >= 4 is 5.91 Å². The standard InChI is InChI=1S/C14H20N2O2/c1-10-3-4-12(9-11(10)2)14(17)16-7-5-13(18-15)6-8-16/h3-4,9,13H,5-8,15H2,1-2H3. The summed E-state index contributed by atoms with van der Waals surface area (Å²) in [6.07, 6.45) is 1.72. The van der Waals surface area contributed by atoms with E-state index >= 15 is 0 Å². The monoisotopic (exact) mass is 248 g/mol. The van der Waals surface area contributed by atoms with Crippen molar-refractivity contribution in [1.82, 2.24) is 4.90 Å². The third kappa shape index (κ3) is 2.71. The summed E-state index contributed by atoms with van der Waals surface area (Å²) >= 11 is 0. The zero-order valence-electron chi connectivity index (χ0n) is 11.0. The Morgan fingerprint density at radius 2 is 1.94 bits per heavy atom. The van der Waals surface area contributed by atoms with Crippen LogP contribution in [0.4, 0.5) is 0 Å². The van der Waals surface area contributed by atoms with Crippen molar-refractivity contribution in [2.45, 2.75) is 32.8 Å². The first-order valence-electron chi connectivity index (χ1n) is 6.34. The molecule has 1 aliphatic heterocycles. The summed E-state index contributed by atoms with van der Waals surface area (Å²) in [7, 11) is 0. The van der Waals surface area contributed by atoms with Crippen LogP contribution in [0.2, 0.25) is 0 Å². The molecule has 1 amide bonds. The number of hydrogen-bond donors (Lipinski definition) is 1. The Hall–Kier alpha value is -1.39. The normalized spacial score (nSPS) is 16.9. The van der Waals surface area contributed by atoms with Gasteiger partial charge in [0.15, 0.2) is 0 Å². The molecule has 1 aliphatic rings. The number of rotatable bonds is 2. The lowest BCUT2D eigenvalue weighted by molar-refractivity contribution is 0.00781. The van der Waals surface area contributed by atoms with Gasteiger partial charge in [0.05, 0.1) is 6.10 Å². The number of hydrogen-bond acceptors (Lipinski definition) is 3. The lowest BCUT2D eigenvalue weighted by Gasteiger charge is -2.31. The Labute approximate surface area is 108 Å². The van der Waals surface area contributed by atoms with Crippen molar-refractivity contribution in [2.24, 2.45) is 5.90 Å². The van der Waals surface area contributed by atoms with Gasteiger partial charge in [-0.3, -0.25) is 4.79 Å². The molecule has 0 aromatic heterocycles. The maximum Gasteiger partial charge on any atom is 0.253 e. The number of benzene rings is 1. The lowest BCUT2D eigenvalue weighted by atomic mass is 10.0. The molecule has 0 atom stereocenters. The average molecular weight is 248 g/mol. The maximum absolute atomic E-state index is 12.3. The van der Waals surface area contributed by atoms with E-state index in [0.717, 1.165) is 24.0 Å². The number of likely N-dealkylation sites (tertiary alicyclic amines) is 1. The van der Waals surface area contributed by atoms with Crippen LogP contribution in [0.5, 0.6) is 0 Å². The highest BCUT2D eigenvalue weighted by Gasteiger charge is 2.23. The fourth-order valence-electron chi connectivity index (χ4n) is 2.25. The summed E-state index contributed by atoms with van der Waals surface area (Å²) in [6, 6.07) is 5.86. The van der Waals surface area contributed by atoms with Gasteiger partial charge < -0.3 is 9.74 Å². The van der Waals surface area contributed by atoms with Crippen LogP contribution in [0.15, 0.2) is 18.2 Å². The Kier molecular flexibility index (Phi) is 3.99. The van der Waals surface area contributed by atoms with Crippen LogP contribution in [-0.2, 0) is 4.84 Å². The van der Waals surface area contributed by atoms with E-state index in [1.807, 2.05) is 36.9 Å². The van der Waals surface area contributed by atoms with Gasteiger partial charge in [0.25, 0.3) is 5.91 Å². The third-order valence-electron chi connectivity index (χ3n) is 3.68. The number of piperidine rings is 1. The molecule has 0 unspecified atom stereocenters. The van der Waals surface area contributed by atoms with Gasteiger partial charge in [0.1, 0.15) is 0 Å². The number of carbonyl (C=O) groups excluding carboxylic acids is 1. The quantitative estimate of drug-likeness (QED) is 0.812.